The van der Waals surface area contributed by atoms with Crippen LogP contribution >= 0.6 is 0 Å². The molecule has 1 aliphatic heterocycles. The van der Waals surface area contributed by atoms with Crippen LogP contribution < -0.4 is 5.73 Å². The number of nitrogen functional groups attached to an aromatic ring is 1. The first-order valence-electron chi connectivity index (χ1n) is 6.40. The second-order valence-corrected chi connectivity index (χ2v) is 5.17. The van der Waals surface area contributed by atoms with Crippen LogP contribution in [0.1, 0.15) is 30.4 Å². The molecule has 2 N–H and O–H groups in total. The molecule has 0 unspecified atom stereocenters. The molecule has 0 atom stereocenters. The van der Waals surface area contributed by atoms with Crippen LogP contribution in [0.4, 0.5) is 5.69 Å². The van der Waals surface area contributed by atoms with Crippen LogP contribution in [0.15, 0.2) is 18.2 Å². The average molecular weight is 230 g/mol. The topological polar surface area (TPSA) is 46.3 Å². The number of carbonyl (C=O) groups excluding carboxylic acids is 1. The van der Waals surface area contributed by atoms with Crippen molar-refractivity contribution in [3.05, 3.63) is 29.3 Å². The Morgan fingerprint density at radius 1 is 1.29 bits per heavy atom. The molecule has 1 heterocycles. The van der Waals surface area contributed by atoms with Crippen LogP contribution in [-0.2, 0) is 17.8 Å². The monoisotopic (exact) mass is 230 g/mol. The summed E-state index contributed by atoms with van der Waals surface area (Å²) in [6.07, 6.45) is 4.34. The minimum absolute atomic E-state index is 0.310. The van der Waals surface area contributed by atoms with Gasteiger partial charge in [0.25, 0.3) is 0 Å². The van der Waals surface area contributed by atoms with E-state index in [-0.39, 0.29) is 0 Å². The van der Waals surface area contributed by atoms with Crippen molar-refractivity contribution in [3.8, 4) is 0 Å². The van der Waals surface area contributed by atoms with E-state index in [0.29, 0.717) is 11.8 Å². The van der Waals surface area contributed by atoms with Crippen molar-refractivity contribution >= 4 is 11.6 Å². The Morgan fingerprint density at radius 2 is 2.12 bits per heavy atom. The third-order valence-corrected chi connectivity index (χ3v) is 4.01. The molecule has 0 bridgehead atoms. The molecule has 1 amide bonds. The number of benzene rings is 1. The maximum atomic E-state index is 12.2. The molecule has 2 aliphatic rings. The summed E-state index contributed by atoms with van der Waals surface area (Å²) >= 11 is 0. The summed E-state index contributed by atoms with van der Waals surface area (Å²) in [4.78, 5) is 14.2. The molecule has 1 aromatic rings. The van der Waals surface area contributed by atoms with Gasteiger partial charge in [-0.25, -0.2) is 0 Å². The van der Waals surface area contributed by atoms with E-state index < -0.39 is 0 Å². The Hall–Kier alpha value is -1.51. The molecular formula is C14H18N2O. The summed E-state index contributed by atoms with van der Waals surface area (Å²) in [6.45, 7) is 1.62. The number of nitrogens with two attached hydrogens (primary N) is 1. The van der Waals surface area contributed by atoms with E-state index >= 15 is 0 Å². The SMILES string of the molecule is Nc1ccc2c(c1)CCN(C(=O)C1CCC1)C2. The third kappa shape index (κ3) is 1.90. The highest BCUT2D eigenvalue weighted by Crippen LogP contribution is 2.30. The lowest BCUT2D eigenvalue weighted by atomic mass is 9.83. The van der Waals surface area contributed by atoms with Gasteiger partial charge < -0.3 is 10.6 Å². The van der Waals surface area contributed by atoms with Crippen molar-refractivity contribution < 1.29 is 4.79 Å². The molecule has 0 saturated heterocycles. The fourth-order valence-electron chi connectivity index (χ4n) is 2.67. The number of amides is 1. The highest BCUT2D eigenvalue weighted by atomic mass is 16.2. The second kappa shape index (κ2) is 4.06. The standard InChI is InChI=1S/C14H18N2O/c15-13-5-4-12-9-16(7-6-11(12)8-13)14(17)10-2-1-3-10/h4-5,8,10H,1-3,6-7,9,15H2. The Bertz CT molecular complexity index is 452. The number of hydrogen-bond acceptors (Lipinski definition) is 2. The van der Waals surface area contributed by atoms with Crippen LogP contribution in [0.3, 0.4) is 0 Å². The van der Waals surface area contributed by atoms with E-state index in [4.69, 9.17) is 5.73 Å². The van der Waals surface area contributed by atoms with E-state index in [1.165, 1.54) is 17.5 Å². The van der Waals surface area contributed by atoms with Gasteiger partial charge in [0.15, 0.2) is 0 Å². The number of rotatable bonds is 1. The molecule has 3 rings (SSSR count). The molecule has 1 aliphatic carbocycles. The van der Waals surface area contributed by atoms with Gasteiger partial charge in [-0.05, 0) is 42.5 Å². The first-order chi connectivity index (χ1) is 8.24. The smallest absolute Gasteiger partial charge is 0.225 e. The quantitative estimate of drug-likeness (QED) is 0.750. The predicted octanol–water partition coefficient (Wildman–Crippen LogP) is 1.95. The number of fused-ring (bicyclic) bond motifs is 1. The van der Waals surface area contributed by atoms with E-state index in [9.17, 15) is 4.79 Å². The van der Waals surface area contributed by atoms with Gasteiger partial charge in [-0.2, -0.15) is 0 Å². The molecule has 0 spiro atoms. The van der Waals surface area contributed by atoms with Crippen LogP contribution in [-0.4, -0.2) is 17.4 Å². The number of nitrogens with zero attached hydrogens (tertiary/aromatic N) is 1. The molecule has 3 heteroatoms. The normalized spacial score (nSPS) is 19.6. The van der Waals surface area contributed by atoms with E-state index in [1.54, 1.807) is 0 Å². The lowest BCUT2D eigenvalue weighted by Crippen LogP contribution is -2.41. The van der Waals surface area contributed by atoms with E-state index in [2.05, 4.69) is 6.07 Å². The Morgan fingerprint density at radius 3 is 2.82 bits per heavy atom. The largest absolute Gasteiger partial charge is 0.399 e. The molecule has 1 saturated carbocycles. The van der Waals surface area contributed by atoms with Gasteiger partial charge in [-0.15, -0.1) is 0 Å². The zero-order valence-electron chi connectivity index (χ0n) is 9.98. The van der Waals surface area contributed by atoms with E-state index in [0.717, 1.165) is 38.0 Å². The van der Waals surface area contributed by atoms with Crippen LogP contribution in [0.25, 0.3) is 0 Å². The van der Waals surface area contributed by atoms with Gasteiger partial charge in [-0.1, -0.05) is 12.5 Å². The highest BCUT2D eigenvalue weighted by molar-refractivity contribution is 5.80. The number of hydrogen-bond donors (Lipinski definition) is 1. The molecule has 17 heavy (non-hydrogen) atoms. The molecule has 3 nitrogen and oxygen atoms in total. The maximum Gasteiger partial charge on any atom is 0.225 e. The van der Waals surface area contributed by atoms with Crippen molar-refractivity contribution in [2.24, 2.45) is 5.92 Å². The van der Waals surface area contributed by atoms with Crippen LogP contribution in [0, 0.1) is 5.92 Å². The summed E-state index contributed by atoms with van der Waals surface area (Å²) in [5, 5.41) is 0. The van der Waals surface area contributed by atoms with Crippen molar-refractivity contribution in [3.63, 3.8) is 0 Å². The van der Waals surface area contributed by atoms with Gasteiger partial charge in [0.2, 0.25) is 5.91 Å². The highest BCUT2D eigenvalue weighted by Gasteiger charge is 2.30. The van der Waals surface area contributed by atoms with Crippen molar-refractivity contribution in [2.75, 3.05) is 12.3 Å². The zero-order valence-corrected chi connectivity index (χ0v) is 9.98. The first kappa shape index (κ1) is 10.6. The molecule has 1 aromatic carbocycles. The second-order valence-electron chi connectivity index (χ2n) is 5.17. The van der Waals surface area contributed by atoms with Gasteiger partial charge in [0.05, 0.1) is 0 Å². The summed E-state index contributed by atoms with van der Waals surface area (Å²) in [5.41, 5.74) is 9.17. The minimum Gasteiger partial charge on any atom is -0.399 e. The molecule has 0 radical (unpaired) electrons. The average Bonchev–Trinajstić information content (AvgIpc) is 2.26. The fourth-order valence-corrected chi connectivity index (χ4v) is 2.67. The molecular weight excluding hydrogens is 212 g/mol. The Balaban J connectivity index is 1.76. The van der Waals surface area contributed by atoms with Gasteiger partial charge in [0.1, 0.15) is 0 Å². The van der Waals surface area contributed by atoms with Gasteiger partial charge in [0, 0.05) is 24.7 Å². The lowest BCUT2D eigenvalue weighted by Gasteiger charge is -2.34. The van der Waals surface area contributed by atoms with Crippen molar-refractivity contribution in [1.29, 1.82) is 0 Å². The summed E-state index contributed by atoms with van der Waals surface area (Å²) in [6, 6.07) is 6.03. The molecule has 0 aromatic heterocycles. The van der Waals surface area contributed by atoms with Crippen LogP contribution in [0.2, 0.25) is 0 Å². The Kier molecular flexibility index (Phi) is 2.54. The van der Waals surface area contributed by atoms with Crippen molar-refractivity contribution in [1.82, 2.24) is 4.90 Å². The third-order valence-electron chi connectivity index (χ3n) is 4.01. The maximum absolute atomic E-state index is 12.2. The number of anilines is 1. The van der Waals surface area contributed by atoms with Crippen LogP contribution in [0.5, 0.6) is 0 Å². The summed E-state index contributed by atoms with van der Waals surface area (Å²) < 4.78 is 0. The number of carbonyl (C=O) groups is 1. The van der Waals surface area contributed by atoms with Gasteiger partial charge >= 0.3 is 0 Å². The summed E-state index contributed by atoms with van der Waals surface area (Å²) in [7, 11) is 0. The van der Waals surface area contributed by atoms with Crippen molar-refractivity contribution in [2.45, 2.75) is 32.2 Å². The Labute approximate surface area is 102 Å². The fraction of sp³-hybridized carbons (Fsp3) is 0.500. The minimum atomic E-state index is 0.310. The van der Waals surface area contributed by atoms with E-state index in [1.807, 2.05) is 17.0 Å². The molecule has 90 valence electrons. The molecule has 1 fully saturated rings. The van der Waals surface area contributed by atoms with Gasteiger partial charge in [-0.3, -0.25) is 4.79 Å². The first-order valence-corrected chi connectivity index (χ1v) is 6.40. The zero-order chi connectivity index (χ0) is 11.8. The predicted molar refractivity (Wildman–Crippen MR) is 67.3 cm³/mol. The lowest BCUT2D eigenvalue weighted by molar-refractivity contribution is -0.139. The summed E-state index contributed by atoms with van der Waals surface area (Å²) in [5.74, 6) is 0.670.